The zero-order valence-electron chi connectivity index (χ0n) is 16.5. The molecule has 30 heavy (non-hydrogen) atoms. The lowest BCUT2D eigenvalue weighted by atomic mass is 10.1. The van der Waals surface area contributed by atoms with E-state index in [1.165, 1.54) is 0 Å². The van der Waals surface area contributed by atoms with Crippen molar-refractivity contribution in [2.75, 3.05) is 6.61 Å². The molecule has 9 heteroatoms. The van der Waals surface area contributed by atoms with Crippen LogP contribution in [0.2, 0.25) is 0 Å². The highest BCUT2D eigenvalue weighted by Gasteiger charge is 2.12. The number of aryl methyl sites for hydroxylation is 2. The predicted octanol–water partition coefficient (Wildman–Crippen LogP) is 1.66. The molecule has 0 fully saturated rings. The van der Waals surface area contributed by atoms with Crippen molar-refractivity contribution in [2.24, 2.45) is 0 Å². The van der Waals surface area contributed by atoms with Crippen LogP contribution in [0.4, 0.5) is 0 Å². The van der Waals surface area contributed by atoms with Crippen molar-refractivity contribution in [3.8, 4) is 5.75 Å². The first-order valence-corrected chi connectivity index (χ1v) is 9.37. The summed E-state index contributed by atoms with van der Waals surface area (Å²) in [6, 6.07) is 15.3. The van der Waals surface area contributed by atoms with E-state index in [1.807, 2.05) is 56.3 Å². The molecule has 0 aliphatic heterocycles. The standard InChI is InChI=1S/C21H20N6O3/c1-13-9-14(2)27-21(22-13)23-18(26-27)11-19(28)24-25-20(29)12-30-17-8-7-15-5-3-4-6-16(15)10-17/h3-10H,11-12H2,1-2H3,(H,24,28)(H,25,29). The van der Waals surface area contributed by atoms with Crippen molar-refractivity contribution in [1.29, 1.82) is 0 Å². The Hall–Kier alpha value is -4.01. The van der Waals surface area contributed by atoms with Gasteiger partial charge in [-0.1, -0.05) is 30.3 Å². The first kappa shape index (κ1) is 19.3. The van der Waals surface area contributed by atoms with E-state index in [0.29, 0.717) is 17.4 Å². The minimum Gasteiger partial charge on any atom is -0.484 e. The SMILES string of the molecule is Cc1cc(C)n2nc(CC(=O)NNC(=O)COc3ccc4ccccc4c3)nc2n1. The van der Waals surface area contributed by atoms with Gasteiger partial charge in [0.05, 0.1) is 6.42 Å². The first-order valence-electron chi connectivity index (χ1n) is 9.37. The molecule has 0 aliphatic rings. The second-order valence-electron chi connectivity index (χ2n) is 6.85. The van der Waals surface area contributed by atoms with E-state index < -0.39 is 11.8 Å². The number of benzene rings is 2. The second-order valence-corrected chi connectivity index (χ2v) is 6.85. The van der Waals surface area contributed by atoms with Crippen LogP contribution in [0.25, 0.3) is 16.6 Å². The van der Waals surface area contributed by atoms with Crippen LogP contribution in [0.3, 0.4) is 0 Å². The number of rotatable bonds is 5. The number of hydrogen-bond acceptors (Lipinski definition) is 6. The molecule has 152 valence electrons. The number of nitrogens with zero attached hydrogens (tertiary/aromatic N) is 4. The van der Waals surface area contributed by atoms with Crippen molar-refractivity contribution in [3.63, 3.8) is 0 Å². The molecule has 2 aromatic carbocycles. The zero-order valence-corrected chi connectivity index (χ0v) is 16.5. The average molecular weight is 404 g/mol. The fraction of sp³-hybridized carbons (Fsp3) is 0.190. The van der Waals surface area contributed by atoms with Gasteiger partial charge in [0.2, 0.25) is 5.91 Å². The molecule has 0 unspecified atom stereocenters. The Morgan fingerprint density at radius 2 is 1.73 bits per heavy atom. The maximum Gasteiger partial charge on any atom is 0.276 e. The monoisotopic (exact) mass is 404 g/mol. The fourth-order valence-corrected chi connectivity index (χ4v) is 3.05. The van der Waals surface area contributed by atoms with Gasteiger partial charge in [-0.3, -0.25) is 20.4 Å². The van der Waals surface area contributed by atoms with Crippen LogP contribution in [0.15, 0.2) is 48.5 Å². The van der Waals surface area contributed by atoms with Gasteiger partial charge < -0.3 is 4.74 Å². The summed E-state index contributed by atoms with van der Waals surface area (Å²) in [4.78, 5) is 32.6. The molecule has 0 radical (unpaired) electrons. The van der Waals surface area contributed by atoms with Gasteiger partial charge in [-0.2, -0.15) is 4.98 Å². The maximum atomic E-state index is 12.1. The highest BCUT2D eigenvalue weighted by Crippen LogP contribution is 2.20. The minimum atomic E-state index is -0.479. The summed E-state index contributed by atoms with van der Waals surface area (Å²) in [5.41, 5.74) is 6.35. The van der Waals surface area contributed by atoms with Crippen molar-refractivity contribution in [2.45, 2.75) is 20.3 Å². The molecule has 4 rings (SSSR count). The topological polar surface area (TPSA) is 111 Å². The van der Waals surface area contributed by atoms with Crippen molar-refractivity contribution < 1.29 is 14.3 Å². The highest BCUT2D eigenvalue weighted by molar-refractivity contribution is 5.85. The van der Waals surface area contributed by atoms with E-state index in [9.17, 15) is 9.59 Å². The third kappa shape index (κ3) is 4.35. The van der Waals surface area contributed by atoms with E-state index in [4.69, 9.17) is 4.74 Å². The molecule has 0 saturated heterocycles. The number of carbonyl (C=O) groups excluding carboxylic acids is 2. The number of aromatic nitrogens is 4. The Balaban J connectivity index is 1.28. The Kier molecular flexibility index (Phi) is 5.25. The summed E-state index contributed by atoms with van der Waals surface area (Å²) in [7, 11) is 0. The quantitative estimate of drug-likeness (QED) is 0.490. The molecule has 0 aliphatic carbocycles. The Bertz CT molecular complexity index is 1250. The Morgan fingerprint density at radius 3 is 2.57 bits per heavy atom. The van der Waals surface area contributed by atoms with Crippen LogP contribution in [0, 0.1) is 13.8 Å². The first-order chi connectivity index (χ1) is 14.5. The third-order valence-electron chi connectivity index (χ3n) is 4.41. The molecule has 9 nitrogen and oxygen atoms in total. The van der Waals surface area contributed by atoms with Gasteiger partial charge in [0.1, 0.15) is 5.75 Å². The summed E-state index contributed by atoms with van der Waals surface area (Å²) < 4.78 is 7.07. The van der Waals surface area contributed by atoms with Gasteiger partial charge in [0.15, 0.2) is 12.4 Å². The van der Waals surface area contributed by atoms with Crippen LogP contribution in [0.1, 0.15) is 17.2 Å². The normalized spacial score (nSPS) is 10.9. The number of amides is 2. The summed E-state index contributed by atoms with van der Waals surface area (Å²) in [6.07, 6.45) is -0.0896. The Labute approximate surface area is 172 Å². The van der Waals surface area contributed by atoms with Crippen LogP contribution in [-0.4, -0.2) is 38.0 Å². The van der Waals surface area contributed by atoms with Crippen LogP contribution in [-0.2, 0) is 16.0 Å². The smallest absolute Gasteiger partial charge is 0.276 e. The Morgan fingerprint density at radius 1 is 0.967 bits per heavy atom. The molecule has 0 saturated carbocycles. The van der Waals surface area contributed by atoms with Gasteiger partial charge in [0, 0.05) is 11.4 Å². The second kappa shape index (κ2) is 8.16. The summed E-state index contributed by atoms with van der Waals surface area (Å²) in [5, 5.41) is 6.37. The maximum absolute atomic E-state index is 12.1. The van der Waals surface area contributed by atoms with Crippen LogP contribution in [0.5, 0.6) is 5.75 Å². The van der Waals surface area contributed by atoms with Gasteiger partial charge in [-0.25, -0.2) is 9.50 Å². The summed E-state index contributed by atoms with van der Waals surface area (Å²) in [6.45, 7) is 3.52. The molecule has 0 atom stereocenters. The van der Waals surface area contributed by atoms with Crippen molar-refractivity contribution >= 4 is 28.4 Å². The fourth-order valence-electron chi connectivity index (χ4n) is 3.05. The van der Waals surface area contributed by atoms with Crippen LogP contribution >= 0.6 is 0 Å². The van der Waals surface area contributed by atoms with Gasteiger partial charge in [-0.15, -0.1) is 5.10 Å². The van der Waals surface area contributed by atoms with E-state index in [0.717, 1.165) is 22.2 Å². The number of ether oxygens (including phenoxy) is 1. The number of hydrazine groups is 1. The molecule has 0 bridgehead atoms. The lowest BCUT2D eigenvalue weighted by Crippen LogP contribution is -2.44. The number of carbonyl (C=O) groups is 2. The largest absolute Gasteiger partial charge is 0.484 e. The lowest BCUT2D eigenvalue weighted by molar-refractivity contribution is -0.129. The zero-order chi connectivity index (χ0) is 21.1. The highest BCUT2D eigenvalue weighted by atomic mass is 16.5. The molecule has 2 heterocycles. The molecule has 0 spiro atoms. The molecule has 2 N–H and O–H groups in total. The third-order valence-corrected chi connectivity index (χ3v) is 4.41. The van der Waals surface area contributed by atoms with Crippen LogP contribution < -0.4 is 15.6 Å². The average Bonchev–Trinajstić information content (AvgIpc) is 3.13. The van der Waals surface area contributed by atoms with E-state index in [-0.39, 0.29) is 13.0 Å². The van der Waals surface area contributed by atoms with Gasteiger partial charge >= 0.3 is 0 Å². The van der Waals surface area contributed by atoms with E-state index in [1.54, 1.807) is 10.6 Å². The lowest BCUT2D eigenvalue weighted by Gasteiger charge is -2.09. The number of fused-ring (bicyclic) bond motifs is 2. The predicted molar refractivity (Wildman–Crippen MR) is 110 cm³/mol. The molecule has 2 amide bonds. The van der Waals surface area contributed by atoms with E-state index >= 15 is 0 Å². The van der Waals surface area contributed by atoms with Gasteiger partial charge in [-0.05, 0) is 42.8 Å². The summed E-state index contributed by atoms with van der Waals surface area (Å²) in [5.74, 6) is 0.396. The van der Waals surface area contributed by atoms with Crippen molar-refractivity contribution in [3.05, 3.63) is 65.7 Å². The number of nitrogens with one attached hydrogen (secondary N) is 2. The van der Waals surface area contributed by atoms with Crippen molar-refractivity contribution in [1.82, 2.24) is 30.4 Å². The van der Waals surface area contributed by atoms with Gasteiger partial charge in [0.25, 0.3) is 11.7 Å². The molecular formula is C21H20N6O3. The molecular weight excluding hydrogens is 384 g/mol. The minimum absolute atomic E-state index is 0.0896. The number of hydrogen-bond donors (Lipinski definition) is 2. The van der Waals surface area contributed by atoms with E-state index in [2.05, 4.69) is 25.9 Å². The molecule has 4 aromatic rings. The molecule has 2 aromatic heterocycles. The summed E-state index contributed by atoms with van der Waals surface area (Å²) >= 11 is 0.